The fourth-order valence-corrected chi connectivity index (χ4v) is 2.53. The third kappa shape index (κ3) is 3.32. The lowest BCUT2D eigenvalue weighted by Crippen LogP contribution is -2.43. The molecule has 25 heavy (non-hydrogen) atoms. The van der Waals surface area contributed by atoms with E-state index in [1.54, 1.807) is 24.3 Å². The van der Waals surface area contributed by atoms with Crippen LogP contribution in [0.25, 0.3) is 11.2 Å². The van der Waals surface area contributed by atoms with E-state index in [9.17, 15) is 18.8 Å². The number of pyridine rings is 1. The molecule has 0 atom stereocenters. The fourth-order valence-electron chi connectivity index (χ4n) is 2.53. The highest BCUT2D eigenvalue weighted by Gasteiger charge is 2.14. The first kappa shape index (κ1) is 16.6. The largest absolute Gasteiger partial charge is 0.350 e. The van der Waals surface area contributed by atoms with Gasteiger partial charge in [-0.1, -0.05) is 12.1 Å². The normalized spacial score (nSPS) is 10.8. The van der Waals surface area contributed by atoms with Crippen LogP contribution < -0.4 is 16.4 Å². The highest BCUT2D eigenvalue weighted by Crippen LogP contribution is 2.06. The summed E-state index contributed by atoms with van der Waals surface area (Å²) in [7, 11) is 1.45. The fraction of sp³-hybridized carbons (Fsp3) is 0.176. The Kier molecular flexibility index (Phi) is 4.42. The summed E-state index contributed by atoms with van der Waals surface area (Å²) in [6, 6.07) is 9.07. The van der Waals surface area contributed by atoms with Gasteiger partial charge in [0.05, 0.1) is 5.52 Å². The summed E-state index contributed by atoms with van der Waals surface area (Å²) in [6.07, 6.45) is 1.50. The quantitative estimate of drug-likeness (QED) is 0.702. The lowest BCUT2D eigenvalue weighted by Gasteiger charge is -2.12. The molecule has 1 amide bonds. The smallest absolute Gasteiger partial charge is 0.317 e. The van der Waals surface area contributed by atoms with E-state index in [1.807, 2.05) is 0 Å². The second kappa shape index (κ2) is 6.68. The number of amides is 1. The van der Waals surface area contributed by atoms with Crippen LogP contribution in [0, 0.1) is 5.82 Å². The van der Waals surface area contributed by atoms with Gasteiger partial charge in [0, 0.05) is 19.8 Å². The summed E-state index contributed by atoms with van der Waals surface area (Å²) < 4.78 is 15.4. The summed E-state index contributed by atoms with van der Waals surface area (Å²) in [5.74, 6) is -0.864. The molecule has 2 heterocycles. The second-order valence-corrected chi connectivity index (χ2v) is 5.51. The van der Waals surface area contributed by atoms with Gasteiger partial charge >= 0.3 is 11.1 Å². The number of rotatable bonds is 4. The predicted octanol–water partition coefficient (Wildman–Crippen LogP) is 0.551. The highest BCUT2D eigenvalue weighted by atomic mass is 19.1. The van der Waals surface area contributed by atoms with Crippen molar-refractivity contribution in [2.45, 2.75) is 13.1 Å². The first-order valence-electron chi connectivity index (χ1n) is 7.53. The third-order valence-electron chi connectivity index (χ3n) is 3.79. The lowest BCUT2D eigenvalue weighted by molar-refractivity contribution is -0.121. The van der Waals surface area contributed by atoms with Crippen LogP contribution in [-0.2, 0) is 24.9 Å². The molecule has 0 aliphatic rings. The second-order valence-electron chi connectivity index (χ2n) is 5.51. The first-order chi connectivity index (χ1) is 12.0. The molecule has 7 nitrogen and oxygen atoms in total. The Hall–Kier alpha value is -3.29. The van der Waals surface area contributed by atoms with Crippen LogP contribution in [0.2, 0.25) is 0 Å². The molecule has 1 N–H and O–H groups in total. The first-order valence-corrected chi connectivity index (χ1v) is 7.53. The molecule has 0 radical (unpaired) electrons. The van der Waals surface area contributed by atoms with Crippen LogP contribution in [0.1, 0.15) is 5.56 Å². The molecule has 3 rings (SSSR count). The van der Waals surface area contributed by atoms with Crippen LogP contribution in [0.15, 0.2) is 52.2 Å². The van der Waals surface area contributed by atoms with Gasteiger partial charge in [-0.05, 0) is 29.8 Å². The van der Waals surface area contributed by atoms with Crippen LogP contribution in [0.5, 0.6) is 0 Å². The zero-order valence-electron chi connectivity index (χ0n) is 13.4. The summed E-state index contributed by atoms with van der Waals surface area (Å²) in [5.41, 5.74) is -0.273. The van der Waals surface area contributed by atoms with Crippen LogP contribution >= 0.6 is 0 Å². The minimum atomic E-state index is -0.802. The molecule has 0 aliphatic carbocycles. The number of aryl methyl sites for hydroxylation is 1. The number of hydrogen-bond acceptors (Lipinski definition) is 4. The zero-order valence-corrected chi connectivity index (χ0v) is 13.4. The van der Waals surface area contributed by atoms with Crippen molar-refractivity contribution in [3.05, 3.63) is 74.7 Å². The van der Waals surface area contributed by atoms with Crippen molar-refractivity contribution < 1.29 is 9.18 Å². The number of carbonyl (C=O) groups excluding carboxylic acids is 1. The SMILES string of the molecule is Cn1c(=O)c(=O)n(CC(=O)NCc2cccc(F)c2)c2cccnc21. The number of hydrogen-bond donors (Lipinski definition) is 1. The molecule has 2 aromatic heterocycles. The Morgan fingerprint density at radius 2 is 2.00 bits per heavy atom. The summed E-state index contributed by atoms with van der Waals surface area (Å²) in [5, 5.41) is 2.61. The van der Waals surface area contributed by atoms with Gasteiger partial charge in [-0.15, -0.1) is 0 Å². The average Bonchev–Trinajstić information content (AvgIpc) is 2.62. The van der Waals surface area contributed by atoms with Gasteiger partial charge in [0.25, 0.3) is 0 Å². The standard InChI is InChI=1S/C17H15FN4O3/c1-21-15-13(6-3-7-19-15)22(17(25)16(21)24)10-14(23)20-9-11-4-2-5-12(18)8-11/h2-8H,9-10H2,1H3,(H,20,23). The van der Waals surface area contributed by atoms with E-state index >= 15 is 0 Å². The Morgan fingerprint density at radius 1 is 1.20 bits per heavy atom. The van der Waals surface area contributed by atoms with Crippen molar-refractivity contribution in [1.82, 2.24) is 19.4 Å². The Bertz CT molecular complexity index is 1070. The Labute approximate surface area is 141 Å². The topological polar surface area (TPSA) is 86.0 Å². The number of carbonyl (C=O) groups is 1. The molecule has 3 aromatic rings. The van der Waals surface area contributed by atoms with Gasteiger partial charge in [0.15, 0.2) is 5.65 Å². The lowest BCUT2D eigenvalue weighted by atomic mass is 10.2. The number of nitrogens with zero attached hydrogens (tertiary/aromatic N) is 3. The third-order valence-corrected chi connectivity index (χ3v) is 3.79. The number of benzene rings is 1. The summed E-state index contributed by atoms with van der Waals surface area (Å²) in [4.78, 5) is 40.5. The van der Waals surface area contributed by atoms with Crippen LogP contribution in [0.4, 0.5) is 4.39 Å². The predicted molar refractivity (Wildman–Crippen MR) is 89.5 cm³/mol. The van der Waals surface area contributed by atoms with E-state index in [-0.39, 0.29) is 13.1 Å². The van der Waals surface area contributed by atoms with Crippen molar-refractivity contribution in [2.75, 3.05) is 0 Å². The van der Waals surface area contributed by atoms with E-state index in [0.29, 0.717) is 16.7 Å². The molecule has 0 saturated heterocycles. The van der Waals surface area contributed by atoms with E-state index in [0.717, 1.165) is 9.13 Å². The number of nitrogens with one attached hydrogen (secondary N) is 1. The monoisotopic (exact) mass is 342 g/mol. The number of halogens is 1. The van der Waals surface area contributed by atoms with Crippen molar-refractivity contribution >= 4 is 17.1 Å². The molecule has 0 bridgehead atoms. The molecule has 1 aromatic carbocycles. The maximum absolute atomic E-state index is 13.1. The molecule has 0 saturated carbocycles. The van der Waals surface area contributed by atoms with Crippen molar-refractivity contribution in [1.29, 1.82) is 0 Å². The highest BCUT2D eigenvalue weighted by molar-refractivity contribution is 5.78. The van der Waals surface area contributed by atoms with E-state index in [1.165, 1.54) is 25.4 Å². The average molecular weight is 342 g/mol. The molecule has 8 heteroatoms. The van der Waals surface area contributed by atoms with Gasteiger partial charge in [-0.2, -0.15) is 0 Å². The van der Waals surface area contributed by atoms with Gasteiger partial charge < -0.3 is 5.32 Å². The molecule has 0 unspecified atom stereocenters. The summed E-state index contributed by atoms with van der Waals surface area (Å²) in [6.45, 7) is -0.210. The Balaban J connectivity index is 1.86. The molecule has 0 spiro atoms. The van der Waals surface area contributed by atoms with Crippen molar-refractivity contribution in [3.63, 3.8) is 0 Å². The number of aromatic nitrogens is 3. The van der Waals surface area contributed by atoms with Gasteiger partial charge in [-0.25, -0.2) is 9.37 Å². The van der Waals surface area contributed by atoms with E-state index < -0.39 is 22.8 Å². The molecule has 0 fully saturated rings. The van der Waals surface area contributed by atoms with Crippen molar-refractivity contribution in [2.24, 2.45) is 7.05 Å². The van der Waals surface area contributed by atoms with Crippen LogP contribution in [-0.4, -0.2) is 20.0 Å². The number of fused-ring (bicyclic) bond motifs is 1. The molecular formula is C17H15FN4O3. The maximum atomic E-state index is 13.1. The molecular weight excluding hydrogens is 327 g/mol. The van der Waals surface area contributed by atoms with E-state index in [4.69, 9.17) is 0 Å². The minimum absolute atomic E-state index is 0.117. The van der Waals surface area contributed by atoms with Gasteiger partial charge in [0.1, 0.15) is 12.4 Å². The zero-order chi connectivity index (χ0) is 18.0. The van der Waals surface area contributed by atoms with Gasteiger partial charge in [0.2, 0.25) is 5.91 Å². The van der Waals surface area contributed by atoms with E-state index in [2.05, 4.69) is 10.3 Å². The Morgan fingerprint density at radius 3 is 2.76 bits per heavy atom. The minimum Gasteiger partial charge on any atom is -0.350 e. The van der Waals surface area contributed by atoms with Crippen molar-refractivity contribution in [3.8, 4) is 0 Å². The van der Waals surface area contributed by atoms with Crippen LogP contribution in [0.3, 0.4) is 0 Å². The molecule has 128 valence electrons. The summed E-state index contributed by atoms with van der Waals surface area (Å²) >= 11 is 0. The maximum Gasteiger partial charge on any atom is 0.317 e. The van der Waals surface area contributed by atoms with Gasteiger partial charge in [-0.3, -0.25) is 23.5 Å². The molecule has 0 aliphatic heterocycles.